The molecule has 6 nitrogen and oxygen atoms in total. The van der Waals surface area contributed by atoms with Gasteiger partial charge in [0.1, 0.15) is 0 Å². The molecule has 1 N–H and O–H groups in total. The first kappa shape index (κ1) is 16.3. The third-order valence-electron chi connectivity index (χ3n) is 3.62. The maximum absolute atomic E-state index is 12.5. The van der Waals surface area contributed by atoms with E-state index in [4.69, 9.17) is 9.47 Å². The van der Waals surface area contributed by atoms with Gasteiger partial charge in [-0.05, 0) is 37.7 Å². The third kappa shape index (κ3) is 3.50. The van der Waals surface area contributed by atoms with Crippen LogP contribution in [0.3, 0.4) is 0 Å². The minimum Gasteiger partial charge on any atom is -0.454 e. The van der Waals surface area contributed by atoms with Gasteiger partial charge in [0, 0.05) is 17.5 Å². The molecule has 0 bridgehead atoms. The van der Waals surface area contributed by atoms with Gasteiger partial charge >= 0.3 is 0 Å². The van der Waals surface area contributed by atoms with Crippen LogP contribution < -0.4 is 14.2 Å². The second-order valence-corrected chi connectivity index (χ2v) is 8.11. The van der Waals surface area contributed by atoms with Gasteiger partial charge in [0.2, 0.25) is 16.8 Å². The van der Waals surface area contributed by atoms with Crippen molar-refractivity contribution in [2.45, 2.75) is 10.9 Å². The molecule has 0 aliphatic carbocycles. The zero-order valence-electron chi connectivity index (χ0n) is 12.9. The molecule has 2 heterocycles. The van der Waals surface area contributed by atoms with Crippen LogP contribution in [0.2, 0.25) is 0 Å². The largest absolute Gasteiger partial charge is 0.454 e. The van der Waals surface area contributed by atoms with Gasteiger partial charge in [0.15, 0.2) is 11.5 Å². The second-order valence-electron chi connectivity index (χ2n) is 5.36. The first-order valence-electron chi connectivity index (χ1n) is 7.06. The Labute approximate surface area is 139 Å². The van der Waals surface area contributed by atoms with E-state index in [0.717, 1.165) is 4.88 Å². The first-order valence-corrected chi connectivity index (χ1v) is 9.43. The van der Waals surface area contributed by atoms with E-state index < -0.39 is 10.0 Å². The van der Waals surface area contributed by atoms with Crippen LogP contribution in [0.25, 0.3) is 0 Å². The summed E-state index contributed by atoms with van der Waals surface area (Å²) in [5.41, 5.74) is 0. The number of likely N-dealkylation sites (N-methyl/N-ethyl adjacent to an activating group) is 1. The third-order valence-corrected chi connectivity index (χ3v) is 6.01. The number of hydrogen-bond acceptors (Lipinski definition) is 6. The van der Waals surface area contributed by atoms with Crippen LogP contribution in [0.4, 0.5) is 0 Å². The monoisotopic (exact) mass is 354 g/mol. The van der Waals surface area contributed by atoms with E-state index in [1.165, 1.54) is 12.1 Å². The molecule has 1 aromatic heterocycles. The number of thiophene rings is 1. The molecule has 8 heteroatoms. The SMILES string of the molecule is CN(C)C(CNS(=O)(=O)c1ccc2c(c1)OCO2)c1cccs1. The van der Waals surface area contributed by atoms with Crippen molar-refractivity contribution in [2.24, 2.45) is 0 Å². The molecule has 0 fully saturated rings. The fourth-order valence-corrected chi connectivity index (χ4v) is 4.31. The lowest BCUT2D eigenvalue weighted by Crippen LogP contribution is -2.34. The smallest absolute Gasteiger partial charge is 0.240 e. The molecule has 1 unspecified atom stereocenters. The Morgan fingerprint density at radius 1 is 1.26 bits per heavy atom. The molecule has 1 aromatic carbocycles. The molecule has 0 saturated heterocycles. The lowest BCUT2D eigenvalue weighted by atomic mass is 10.2. The van der Waals surface area contributed by atoms with Crippen molar-refractivity contribution in [3.8, 4) is 11.5 Å². The Morgan fingerprint density at radius 2 is 2.04 bits per heavy atom. The van der Waals surface area contributed by atoms with Crippen molar-refractivity contribution in [3.05, 3.63) is 40.6 Å². The van der Waals surface area contributed by atoms with Gasteiger partial charge in [-0.15, -0.1) is 11.3 Å². The van der Waals surface area contributed by atoms with Crippen LogP contribution in [0.5, 0.6) is 11.5 Å². The molecular formula is C15H18N2O4S2. The van der Waals surface area contributed by atoms with Crippen molar-refractivity contribution in [1.29, 1.82) is 0 Å². The minimum atomic E-state index is -3.61. The molecule has 0 amide bonds. The van der Waals surface area contributed by atoms with Crippen molar-refractivity contribution in [1.82, 2.24) is 9.62 Å². The minimum absolute atomic E-state index is 0.0150. The molecule has 0 saturated carbocycles. The van der Waals surface area contributed by atoms with E-state index >= 15 is 0 Å². The Morgan fingerprint density at radius 3 is 2.74 bits per heavy atom. The molecule has 1 atom stereocenters. The highest BCUT2D eigenvalue weighted by atomic mass is 32.2. The highest BCUT2D eigenvalue weighted by molar-refractivity contribution is 7.89. The van der Waals surface area contributed by atoms with Crippen LogP contribution in [0.15, 0.2) is 40.6 Å². The number of nitrogens with zero attached hydrogens (tertiary/aromatic N) is 1. The van der Waals surface area contributed by atoms with Gasteiger partial charge in [0.25, 0.3) is 0 Å². The molecule has 0 radical (unpaired) electrons. The van der Waals surface area contributed by atoms with Crippen molar-refractivity contribution < 1.29 is 17.9 Å². The molecule has 1 aliphatic heterocycles. The fourth-order valence-electron chi connectivity index (χ4n) is 2.33. The normalized spacial score (nSPS) is 15.1. The summed E-state index contributed by atoms with van der Waals surface area (Å²) in [6.45, 7) is 0.414. The standard InChI is InChI=1S/C15H18N2O4S2/c1-17(2)12(15-4-3-7-22-15)9-16-23(18,19)11-5-6-13-14(8-11)21-10-20-13/h3-8,12,16H,9-10H2,1-2H3. The van der Waals surface area contributed by atoms with E-state index in [1.807, 2.05) is 36.5 Å². The van der Waals surface area contributed by atoms with Crippen molar-refractivity contribution >= 4 is 21.4 Å². The van der Waals surface area contributed by atoms with Crippen molar-refractivity contribution in [3.63, 3.8) is 0 Å². The first-order chi connectivity index (χ1) is 11.0. The van der Waals surface area contributed by atoms with E-state index in [0.29, 0.717) is 18.0 Å². The molecule has 23 heavy (non-hydrogen) atoms. The number of nitrogens with one attached hydrogen (secondary N) is 1. The average molecular weight is 354 g/mol. The zero-order valence-corrected chi connectivity index (χ0v) is 14.5. The predicted octanol–water partition coefficient (Wildman–Crippen LogP) is 2.06. The molecular weight excluding hydrogens is 336 g/mol. The van der Waals surface area contributed by atoms with Gasteiger partial charge < -0.3 is 14.4 Å². The Hall–Kier alpha value is -1.61. The lowest BCUT2D eigenvalue weighted by Gasteiger charge is -2.23. The summed E-state index contributed by atoms with van der Waals surface area (Å²) in [6.07, 6.45) is 0. The molecule has 124 valence electrons. The highest BCUT2D eigenvalue weighted by Crippen LogP contribution is 2.33. The average Bonchev–Trinajstić information content (AvgIpc) is 3.17. The molecule has 3 rings (SSSR count). The topological polar surface area (TPSA) is 67.9 Å². The van der Waals surface area contributed by atoms with Crippen LogP contribution in [-0.2, 0) is 10.0 Å². The maximum atomic E-state index is 12.5. The number of rotatable bonds is 6. The van der Waals surface area contributed by atoms with Gasteiger partial charge in [0.05, 0.1) is 10.9 Å². The van der Waals surface area contributed by atoms with E-state index in [1.54, 1.807) is 17.4 Å². The van der Waals surface area contributed by atoms with Crippen LogP contribution in [0.1, 0.15) is 10.9 Å². The van der Waals surface area contributed by atoms with E-state index in [-0.39, 0.29) is 17.7 Å². The Balaban J connectivity index is 1.76. The quantitative estimate of drug-likeness (QED) is 0.860. The summed E-state index contributed by atoms with van der Waals surface area (Å²) >= 11 is 1.61. The lowest BCUT2D eigenvalue weighted by molar-refractivity contribution is 0.174. The molecule has 2 aromatic rings. The number of ether oxygens (including phenoxy) is 2. The van der Waals surface area contributed by atoms with Gasteiger partial charge in [-0.2, -0.15) is 0 Å². The van der Waals surface area contributed by atoms with Crippen LogP contribution >= 0.6 is 11.3 Å². The molecule has 0 spiro atoms. The summed E-state index contributed by atoms with van der Waals surface area (Å²) < 4.78 is 38.1. The Kier molecular flexibility index (Phi) is 4.58. The maximum Gasteiger partial charge on any atom is 0.240 e. The summed E-state index contributed by atoms with van der Waals surface area (Å²) in [7, 11) is 0.251. The number of fused-ring (bicyclic) bond motifs is 1. The summed E-state index contributed by atoms with van der Waals surface area (Å²) in [4.78, 5) is 3.28. The van der Waals surface area contributed by atoms with Gasteiger partial charge in [-0.25, -0.2) is 13.1 Å². The number of benzene rings is 1. The zero-order chi connectivity index (χ0) is 16.4. The van der Waals surface area contributed by atoms with Crippen LogP contribution in [0, 0.1) is 0 Å². The second kappa shape index (κ2) is 6.48. The number of hydrogen-bond donors (Lipinski definition) is 1. The molecule has 1 aliphatic rings. The highest BCUT2D eigenvalue weighted by Gasteiger charge is 2.23. The van der Waals surface area contributed by atoms with E-state index in [9.17, 15) is 8.42 Å². The number of sulfonamides is 1. The Bertz CT molecular complexity index is 773. The summed E-state index contributed by atoms with van der Waals surface area (Å²) in [5, 5.41) is 1.98. The predicted molar refractivity (Wildman–Crippen MR) is 88.5 cm³/mol. The summed E-state index contributed by atoms with van der Waals surface area (Å²) in [5.74, 6) is 1.02. The van der Waals surface area contributed by atoms with Gasteiger partial charge in [-0.3, -0.25) is 0 Å². The van der Waals surface area contributed by atoms with Gasteiger partial charge in [-0.1, -0.05) is 6.07 Å². The van der Waals surface area contributed by atoms with Crippen molar-refractivity contribution in [2.75, 3.05) is 27.4 Å². The van der Waals surface area contributed by atoms with Crippen LogP contribution in [-0.4, -0.2) is 40.8 Å². The summed E-state index contributed by atoms with van der Waals surface area (Å²) in [6, 6.07) is 8.57. The van der Waals surface area contributed by atoms with E-state index in [2.05, 4.69) is 4.72 Å². The fraction of sp³-hybridized carbons (Fsp3) is 0.333.